The zero-order valence-electron chi connectivity index (χ0n) is 10.0. The highest BCUT2D eigenvalue weighted by Gasteiger charge is 2.34. The highest BCUT2D eigenvalue weighted by molar-refractivity contribution is 5.87. The minimum Gasteiger partial charge on any atom is -0.338 e. The number of amides is 1. The molecule has 2 rings (SSSR count). The second-order valence-corrected chi connectivity index (χ2v) is 4.48. The Labute approximate surface area is 101 Å². The summed E-state index contributed by atoms with van der Waals surface area (Å²) in [6.45, 7) is 4.86. The van der Waals surface area contributed by atoms with Crippen molar-refractivity contribution in [1.29, 1.82) is 0 Å². The van der Waals surface area contributed by atoms with Gasteiger partial charge >= 0.3 is 0 Å². The molecule has 0 saturated carbocycles. The molecular weight excluding hydrogens is 216 g/mol. The molecular formula is C12H18N4O. The number of piperazine rings is 1. The number of pyridine rings is 1. The fourth-order valence-corrected chi connectivity index (χ4v) is 2.02. The predicted molar refractivity (Wildman–Crippen MR) is 65.2 cm³/mol. The molecule has 1 unspecified atom stereocenters. The lowest BCUT2D eigenvalue weighted by molar-refractivity contribution is -0.137. The number of carbonyl (C=O) groups is 1. The summed E-state index contributed by atoms with van der Waals surface area (Å²) in [5.41, 5.74) is 6.00. The summed E-state index contributed by atoms with van der Waals surface area (Å²) in [6, 6.07) is 3.58. The molecule has 92 valence electrons. The maximum atomic E-state index is 12.4. The van der Waals surface area contributed by atoms with Gasteiger partial charge in [0.1, 0.15) is 5.54 Å². The average Bonchev–Trinajstić information content (AvgIpc) is 2.40. The van der Waals surface area contributed by atoms with Gasteiger partial charge in [0, 0.05) is 38.6 Å². The summed E-state index contributed by atoms with van der Waals surface area (Å²) in [5, 5.41) is 3.22. The molecule has 3 N–H and O–H groups in total. The van der Waals surface area contributed by atoms with Gasteiger partial charge in [-0.3, -0.25) is 9.78 Å². The zero-order chi connectivity index (χ0) is 12.3. The summed E-state index contributed by atoms with van der Waals surface area (Å²) < 4.78 is 0. The number of nitrogens with one attached hydrogen (secondary N) is 1. The van der Waals surface area contributed by atoms with Gasteiger partial charge in [-0.15, -0.1) is 0 Å². The van der Waals surface area contributed by atoms with Crippen LogP contribution in [-0.4, -0.2) is 42.0 Å². The first-order chi connectivity index (χ1) is 8.12. The van der Waals surface area contributed by atoms with Gasteiger partial charge in [-0.25, -0.2) is 0 Å². The monoisotopic (exact) mass is 234 g/mol. The Morgan fingerprint density at radius 2 is 2.00 bits per heavy atom. The van der Waals surface area contributed by atoms with E-state index in [1.54, 1.807) is 31.5 Å². The number of aromatic nitrogens is 1. The molecule has 5 heteroatoms. The van der Waals surface area contributed by atoms with Crippen LogP contribution in [0.25, 0.3) is 0 Å². The van der Waals surface area contributed by atoms with Crippen molar-refractivity contribution in [3.05, 3.63) is 30.1 Å². The molecule has 5 nitrogen and oxygen atoms in total. The molecule has 1 saturated heterocycles. The molecule has 17 heavy (non-hydrogen) atoms. The van der Waals surface area contributed by atoms with Crippen LogP contribution in [0.4, 0.5) is 0 Å². The molecule has 0 aromatic carbocycles. The normalized spacial score (nSPS) is 19.8. The topological polar surface area (TPSA) is 71.2 Å². The Bertz CT molecular complexity index is 385. The molecule has 1 atom stereocenters. The third-order valence-corrected chi connectivity index (χ3v) is 3.13. The van der Waals surface area contributed by atoms with Crippen LogP contribution in [0.15, 0.2) is 24.5 Å². The first-order valence-electron chi connectivity index (χ1n) is 5.82. The Balaban J connectivity index is 2.17. The van der Waals surface area contributed by atoms with E-state index in [0.717, 1.165) is 31.7 Å². The Morgan fingerprint density at radius 1 is 1.41 bits per heavy atom. The van der Waals surface area contributed by atoms with E-state index < -0.39 is 5.54 Å². The lowest BCUT2D eigenvalue weighted by Gasteiger charge is -2.34. The molecule has 1 amide bonds. The molecule has 1 aromatic heterocycles. The molecule has 0 bridgehead atoms. The van der Waals surface area contributed by atoms with Crippen LogP contribution in [0, 0.1) is 0 Å². The first-order valence-corrected chi connectivity index (χ1v) is 5.82. The third kappa shape index (κ3) is 2.45. The molecule has 1 aromatic rings. The number of rotatable bonds is 2. The van der Waals surface area contributed by atoms with Crippen LogP contribution in [-0.2, 0) is 10.3 Å². The Hall–Kier alpha value is -1.46. The van der Waals surface area contributed by atoms with Crippen LogP contribution in [0.2, 0.25) is 0 Å². The van der Waals surface area contributed by atoms with E-state index >= 15 is 0 Å². The lowest BCUT2D eigenvalue weighted by atomic mass is 9.92. The Kier molecular flexibility index (Phi) is 3.40. The van der Waals surface area contributed by atoms with E-state index in [0.29, 0.717) is 0 Å². The summed E-state index contributed by atoms with van der Waals surface area (Å²) >= 11 is 0. The van der Waals surface area contributed by atoms with Gasteiger partial charge in [0.15, 0.2) is 0 Å². The van der Waals surface area contributed by atoms with Gasteiger partial charge in [0.25, 0.3) is 0 Å². The minimum absolute atomic E-state index is 0.0230. The number of nitrogens with zero attached hydrogens (tertiary/aromatic N) is 2. The van der Waals surface area contributed by atoms with Crippen molar-refractivity contribution in [3.8, 4) is 0 Å². The third-order valence-electron chi connectivity index (χ3n) is 3.13. The van der Waals surface area contributed by atoms with Gasteiger partial charge < -0.3 is 16.0 Å². The molecule has 0 spiro atoms. The number of carbonyl (C=O) groups excluding carboxylic acids is 1. The highest BCUT2D eigenvalue weighted by atomic mass is 16.2. The van der Waals surface area contributed by atoms with Crippen molar-refractivity contribution in [3.63, 3.8) is 0 Å². The summed E-state index contributed by atoms with van der Waals surface area (Å²) in [5.74, 6) is -0.0230. The van der Waals surface area contributed by atoms with E-state index in [1.807, 2.05) is 4.90 Å². The summed E-state index contributed by atoms with van der Waals surface area (Å²) in [6.07, 6.45) is 3.32. The van der Waals surface area contributed by atoms with E-state index in [-0.39, 0.29) is 5.91 Å². The highest BCUT2D eigenvalue weighted by Crippen LogP contribution is 2.19. The number of hydrogen-bond donors (Lipinski definition) is 2. The molecule has 2 heterocycles. The van der Waals surface area contributed by atoms with E-state index in [4.69, 9.17) is 5.73 Å². The van der Waals surface area contributed by atoms with Crippen molar-refractivity contribution in [1.82, 2.24) is 15.2 Å². The first kappa shape index (κ1) is 12.0. The van der Waals surface area contributed by atoms with Gasteiger partial charge in [0.2, 0.25) is 5.91 Å². The largest absolute Gasteiger partial charge is 0.338 e. The molecule has 1 aliphatic rings. The number of nitrogens with two attached hydrogens (primary N) is 1. The second-order valence-electron chi connectivity index (χ2n) is 4.48. The quantitative estimate of drug-likeness (QED) is 0.736. The molecule has 1 fully saturated rings. The smallest absolute Gasteiger partial charge is 0.247 e. The standard InChI is InChI=1S/C12H18N4O/c1-12(13,10-2-4-14-5-3-10)11(17)16-8-6-15-7-9-16/h2-5,15H,6-9,13H2,1H3. The molecule has 0 aliphatic carbocycles. The van der Waals surface area contributed by atoms with Crippen LogP contribution in [0.5, 0.6) is 0 Å². The van der Waals surface area contributed by atoms with Crippen LogP contribution < -0.4 is 11.1 Å². The predicted octanol–water partition coefficient (Wildman–Crippen LogP) is -0.313. The van der Waals surface area contributed by atoms with Gasteiger partial charge in [-0.1, -0.05) is 0 Å². The van der Waals surface area contributed by atoms with Crippen LogP contribution >= 0.6 is 0 Å². The van der Waals surface area contributed by atoms with Crippen LogP contribution in [0.3, 0.4) is 0 Å². The second kappa shape index (κ2) is 4.81. The minimum atomic E-state index is -0.972. The lowest BCUT2D eigenvalue weighted by Crippen LogP contribution is -2.56. The van der Waals surface area contributed by atoms with Crippen molar-refractivity contribution >= 4 is 5.91 Å². The zero-order valence-corrected chi connectivity index (χ0v) is 10.0. The Morgan fingerprint density at radius 3 is 2.59 bits per heavy atom. The van der Waals surface area contributed by atoms with E-state index in [9.17, 15) is 4.79 Å². The van der Waals surface area contributed by atoms with E-state index in [2.05, 4.69) is 10.3 Å². The molecule has 1 aliphatic heterocycles. The van der Waals surface area contributed by atoms with Gasteiger partial charge in [-0.05, 0) is 24.6 Å². The van der Waals surface area contributed by atoms with Crippen molar-refractivity contribution < 1.29 is 4.79 Å². The average molecular weight is 234 g/mol. The van der Waals surface area contributed by atoms with E-state index in [1.165, 1.54) is 0 Å². The maximum Gasteiger partial charge on any atom is 0.247 e. The van der Waals surface area contributed by atoms with Crippen molar-refractivity contribution in [2.75, 3.05) is 26.2 Å². The van der Waals surface area contributed by atoms with Crippen molar-refractivity contribution in [2.24, 2.45) is 5.73 Å². The fraction of sp³-hybridized carbons (Fsp3) is 0.500. The van der Waals surface area contributed by atoms with Gasteiger partial charge in [0.05, 0.1) is 0 Å². The number of hydrogen-bond acceptors (Lipinski definition) is 4. The van der Waals surface area contributed by atoms with Crippen molar-refractivity contribution in [2.45, 2.75) is 12.5 Å². The molecule has 0 radical (unpaired) electrons. The summed E-state index contributed by atoms with van der Waals surface area (Å²) in [4.78, 5) is 18.1. The summed E-state index contributed by atoms with van der Waals surface area (Å²) in [7, 11) is 0. The van der Waals surface area contributed by atoms with Gasteiger partial charge in [-0.2, -0.15) is 0 Å². The SMILES string of the molecule is CC(N)(C(=O)N1CCNCC1)c1ccncc1. The van der Waals surface area contributed by atoms with Crippen LogP contribution in [0.1, 0.15) is 12.5 Å². The fourth-order valence-electron chi connectivity index (χ4n) is 2.02. The maximum absolute atomic E-state index is 12.4.